The van der Waals surface area contributed by atoms with E-state index in [9.17, 15) is 9.59 Å². The van der Waals surface area contributed by atoms with Gasteiger partial charge in [0.1, 0.15) is 6.04 Å². The van der Waals surface area contributed by atoms with E-state index in [0.717, 1.165) is 0 Å². The molecule has 1 unspecified atom stereocenters. The fourth-order valence-corrected chi connectivity index (χ4v) is 1.49. The van der Waals surface area contributed by atoms with Crippen LogP contribution in [-0.2, 0) is 9.59 Å². The molecule has 0 aromatic rings. The van der Waals surface area contributed by atoms with Gasteiger partial charge in [-0.25, -0.2) is 0 Å². The van der Waals surface area contributed by atoms with E-state index >= 15 is 0 Å². The van der Waals surface area contributed by atoms with Crippen LogP contribution in [0.3, 0.4) is 0 Å². The predicted octanol–water partition coefficient (Wildman–Crippen LogP) is -1.06. The maximum absolute atomic E-state index is 11.5. The van der Waals surface area contributed by atoms with Gasteiger partial charge in [0.05, 0.1) is 6.54 Å². The Hall–Kier alpha value is -1.10. The molecule has 1 aliphatic heterocycles. The Kier molecular flexibility index (Phi) is 3.88. The summed E-state index contributed by atoms with van der Waals surface area (Å²) in [5.41, 5.74) is 0. The van der Waals surface area contributed by atoms with Crippen LogP contribution in [0.2, 0.25) is 0 Å². The quantitative estimate of drug-likeness (QED) is 0.609. The van der Waals surface area contributed by atoms with Gasteiger partial charge in [-0.1, -0.05) is 0 Å². The van der Waals surface area contributed by atoms with Gasteiger partial charge >= 0.3 is 0 Å². The molecule has 2 amide bonds. The van der Waals surface area contributed by atoms with Crippen molar-refractivity contribution in [2.24, 2.45) is 0 Å². The number of hydrogen-bond donors (Lipinski definition) is 2. The zero-order valence-electron chi connectivity index (χ0n) is 8.67. The van der Waals surface area contributed by atoms with Crippen molar-refractivity contribution in [1.82, 2.24) is 15.5 Å². The van der Waals surface area contributed by atoms with Crippen molar-refractivity contribution in [2.75, 3.05) is 26.2 Å². The summed E-state index contributed by atoms with van der Waals surface area (Å²) in [6, 6.07) is -0.257. The Morgan fingerprint density at radius 3 is 2.93 bits per heavy atom. The molecule has 0 radical (unpaired) electrons. The van der Waals surface area contributed by atoms with Gasteiger partial charge in [0.25, 0.3) is 0 Å². The third-order valence-corrected chi connectivity index (χ3v) is 2.30. The van der Waals surface area contributed by atoms with Crippen LogP contribution in [0.5, 0.6) is 0 Å². The van der Waals surface area contributed by atoms with Gasteiger partial charge in [-0.05, 0) is 13.8 Å². The molecular formula is C9H17N3O2. The van der Waals surface area contributed by atoms with Gasteiger partial charge in [0.2, 0.25) is 11.8 Å². The van der Waals surface area contributed by atoms with E-state index in [2.05, 4.69) is 10.6 Å². The number of piperazine rings is 1. The zero-order chi connectivity index (χ0) is 10.6. The number of nitrogens with one attached hydrogen (secondary N) is 2. The van der Waals surface area contributed by atoms with Gasteiger partial charge in [0, 0.05) is 19.6 Å². The van der Waals surface area contributed by atoms with E-state index in [1.165, 1.54) is 0 Å². The zero-order valence-corrected chi connectivity index (χ0v) is 8.67. The first kappa shape index (κ1) is 11.0. The SMILES string of the molecule is CCNC(=O)C1CN(CC)C(=O)CN1. The standard InChI is InChI=1S/C9H17N3O2/c1-3-10-9(14)7-6-12(4-2)8(13)5-11-7/h7,11H,3-6H2,1-2H3,(H,10,14). The second kappa shape index (κ2) is 4.95. The molecular weight excluding hydrogens is 182 g/mol. The molecule has 1 rings (SSSR count). The summed E-state index contributed by atoms with van der Waals surface area (Å²) in [5.74, 6) is 0.0338. The molecule has 0 aliphatic carbocycles. The molecule has 0 saturated carbocycles. The highest BCUT2D eigenvalue weighted by Crippen LogP contribution is 2.00. The lowest BCUT2D eigenvalue weighted by Crippen LogP contribution is -2.59. The molecule has 5 heteroatoms. The lowest BCUT2D eigenvalue weighted by molar-refractivity contribution is -0.135. The number of hydrogen-bond acceptors (Lipinski definition) is 3. The second-order valence-electron chi connectivity index (χ2n) is 3.26. The van der Waals surface area contributed by atoms with E-state index in [-0.39, 0.29) is 24.4 Å². The molecule has 1 aliphatic rings. The second-order valence-corrected chi connectivity index (χ2v) is 3.26. The van der Waals surface area contributed by atoms with Crippen molar-refractivity contribution in [3.8, 4) is 0 Å². The third kappa shape index (κ3) is 2.45. The van der Waals surface area contributed by atoms with Crippen molar-refractivity contribution in [3.05, 3.63) is 0 Å². The average Bonchev–Trinajstić information content (AvgIpc) is 2.19. The minimum Gasteiger partial charge on any atom is -0.355 e. The maximum Gasteiger partial charge on any atom is 0.238 e. The minimum atomic E-state index is -0.257. The van der Waals surface area contributed by atoms with Crippen LogP contribution in [0, 0.1) is 0 Å². The van der Waals surface area contributed by atoms with Crippen LogP contribution in [0.4, 0.5) is 0 Å². The van der Waals surface area contributed by atoms with Gasteiger partial charge in [-0.15, -0.1) is 0 Å². The Balaban J connectivity index is 2.49. The largest absolute Gasteiger partial charge is 0.355 e. The lowest BCUT2D eigenvalue weighted by Gasteiger charge is -2.31. The van der Waals surface area contributed by atoms with E-state index < -0.39 is 0 Å². The van der Waals surface area contributed by atoms with E-state index in [1.54, 1.807) is 4.90 Å². The van der Waals surface area contributed by atoms with Crippen LogP contribution in [0.25, 0.3) is 0 Å². The topological polar surface area (TPSA) is 61.4 Å². The maximum atomic E-state index is 11.5. The van der Waals surface area contributed by atoms with E-state index in [1.807, 2.05) is 13.8 Å². The van der Waals surface area contributed by atoms with Gasteiger partial charge in [0.15, 0.2) is 0 Å². The fourth-order valence-electron chi connectivity index (χ4n) is 1.49. The summed E-state index contributed by atoms with van der Waals surface area (Å²) in [6.45, 7) is 5.81. The molecule has 14 heavy (non-hydrogen) atoms. The molecule has 1 fully saturated rings. The molecule has 0 spiro atoms. The first-order chi connectivity index (χ1) is 6.69. The number of rotatable bonds is 3. The summed E-state index contributed by atoms with van der Waals surface area (Å²) < 4.78 is 0. The van der Waals surface area contributed by atoms with Gasteiger partial charge in [-0.2, -0.15) is 0 Å². The molecule has 1 atom stereocenters. The Morgan fingerprint density at radius 2 is 2.36 bits per heavy atom. The Bertz CT molecular complexity index is 230. The predicted molar refractivity (Wildman–Crippen MR) is 52.7 cm³/mol. The molecule has 0 bridgehead atoms. The molecule has 5 nitrogen and oxygen atoms in total. The van der Waals surface area contributed by atoms with Crippen LogP contribution in [0.1, 0.15) is 13.8 Å². The molecule has 80 valence electrons. The van der Waals surface area contributed by atoms with E-state index in [0.29, 0.717) is 19.6 Å². The monoisotopic (exact) mass is 199 g/mol. The number of amides is 2. The highest BCUT2D eigenvalue weighted by atomic mass is 16.2. The Labute approximate surface area is 83.8 Å². The minimum absolute atomic E-state index is 0.0292. The lowest BCUT2D eigenvalue weighted by atomic mass is 10.2. The van der Waals surface area contributed by atoms with Crippen molar-refractivity contribution in [1.29, 1.82) is 0 Å². The molecule has 0 aromatic heterocycles. The highest BCUT2D eigenvalue weighted by molar-refractivity contribution is 5.86. The summed E-state index contributed by atoms with van der Waals surface area (Å²) in [4.78, 5) is 24.4. The Morgan fingerprint density at radius 1 is 1.64 bits per heavy atom. The van der Waals surface area contributed by atoms with Crippen molar-refractivity contribution in [3.63, 3.8) is 0 Å². The average molecular weight is 199 g/mol. The van der Waals surface area contributed by atoms with Crippen molar-refractivity contribution < 1.29 is 9.59 Å². The summed E-state index contributed by atoms with van der Waals surface area (Å²) in [7, 11) is 0. The molecule has 2 N–H and O–H groups in total. The number of carbonyl (C=O) groups is 2. The highest BCUT2D eigenvalue weighted by Gasteiger charge is 2.28. The summed E-state index contributed by atoms with van der Waals surface area (Å²) in [5, 5.41) is 5.65. The van der Waals surface area contributed by atoms with Gasteiger partial charge in [-0.3, -0.25) is 14.9 Å². The first-order valence-corrected chi connectivity index (χ1v) is 4.97. The normalized spacial score (nSPS) is 22.3. The summed E-state index contributed by atoms with van der Waals surface area (Å²) in [6.07, 6.45) is 0. The fraction of sp³-hybridized carbons (Fsp3) is 0.778. The van der Waals surface area contributed by atoms with Crippen molar-refractivity contribution in [2.45, 2.75) is 19.9 Å². The summed E-state index contributed by atoms with van der Waals surface area (Å²) >= 11 is 0. The van der Waals surface area contributed by atoms with Crippen LogP contribution in [-0.4, -0.2) is 48.9 Å². The van der Waals surface area contributed by atoms with Crippen LogP contribution < -0.4 is 10.6 Å². The molecule has 1 heterocycles. The van der Waals surface area contributed by atoms with Crippen LogP contribution >= 0.6 is 0 Å². The molecule has 1 saturated heterocycles. The number of likely N-dealkylation sites (N-methyl/N-ethyl adjacent to an activating group) is 2. The molecule has 0 aromatic carbocycles. The number of nitrogens with zero attached hydrogens (tertiary/aromatic N) is 1. The smallest absolute Gasteiger partial charge is 0.238 e. The van der Waals surface area contributed by atoms with Gasteiger partial charge < -0.3 is 10.2 Å². The van der Waals surface area contributed by atoms with Crippen molar-refractivity contribution >= 4 is 11.8 Å². The number of carbonyl (C=O) groups excluding carboxylic acids is 2. The first-order valence-electron chi connectivity index (χ1n) is 4.97. The van der Waals surface area contributed by atoms with Crippen LogP contribution in [0.15, 0.2) is 0 Å². The van der Waals surface area contributed by atoms with E-state index in [4.69, 9.17) is 0 Å². The third-order valence-electron chi connectivity index (χ3n) is 2.30.